The lowest BCUT2D eigenvalue weighted by atomic mass is 10.2. The predicted octanol–water partition coefficient (Wildman–Crippen LogP) is 2.81. The maximum absolute atomic E-state index is 11.9. The van der Waals surface area contributed by atoms with Gasteiger partial charge in [-0.25, -0.2) is 9.78 Å². The zero-order chi connectivity index (χ0) is 17.0. The molecule has 0 radical (unpaired) electrons. The van der Waals surface area contributed by atoms with Crippen molar-refractivity contribution in [1.82, 2.24) is 4.98 Å². The number of hydrogen-bond acceptors (Lipinski definition) is 7. The van der Waals surface area contributed by atoms with Gasteiger partial charge in [-0.05, 0) is 13.0 Å². The molecule has 0 unspecified atom stereocenters. The number of nitro benzene ring substituents is 1. The van der Waals surface area contributed by atoms with Crippen LogP contribution in [-0.4, -0.2) is 28.4 Å². The van der Waals surface area contributed by atoms with Crippen molar-refractivity contribution in [2.24, 2.45) is 0 Å². The van der Waals surface area contributed by atoms with E-state index < -0.39 is 23.4 Å². The molecule has 1 N–H and O–H groups in total. The quantitative estimate of drug-likeness (QED) is 0.501. The molecule has 0 spiro atoms. The molecule has 0 fully saturated rings. The molecule has 120 valence electrons. The number of nitrogens with zero attached hydrogens (tertiary/aromatic N) is 2. The maximum atomic E-state index is 11.9. The largest absolute Gasteiger partial charge is 0.452 e. The van der Waals surface area contributed by atoms with Gasteiger partial charge in [0.2, 0.25) is 0 Å². The summed E-state index contributed by atoms with van der Waals surface area (Å²) in [6.45, 7) is 1.27. The van der Waals surface area contributed by atoms with E-state index in [1.807, 2.05) is 6.92 Å². The Bertz CT molecular complexity index is 777. The molecular formula is C13H10ClN3O5S. The summed E-state index contributed by atoms with van der Waals surface area (Å²) < 4.78 is 4.80. The number of nitro groups is 1. The summed E-state index contributed by atoms with van der Waals surface area (Å²) >= 11 is 7.09. The SMILES string of the molecule is Cc1cnc(NC(=O)COC(=O)c2cc([N+](=O)[O-])ccc2Cl)s1. The van der Waals surface area contributed by atoms with Crippen LogP contribution in [0.1, 0.15) is 15.2 Å². The van der Waals surface area contributed by atoms with Crippen molar-refractivity contribution < 1.29 is 19.2 Å². The number of anilines is 1. The molecule has 0 saturated carbocycles. The second kappa shape index (κ2) is 7.16. The van der Waals surface area contributed by atoms with Gasteiger partial charge in [-0.15, -0.1) is 11.3 Å². The first-order valence-electron chi connectivity index (χ1n) is 6.20. The number of aromatic nitrogens is 1. The number of aryl methyl sites for hydroxylation is 1. The topological polar surface area (TPSA) is 111 Å². The lowest BCUT2D eigenvalue weighted by Crippen LogP contribution is -2.21. The lowest BCUT2D eigenvalue weighted by molar-refractivity contribution is -0.384. The van der Waals surface area contributed by atoms with Crippen molar-refractivity contribution in [3.63, 3.8) is 0 Å². The normalized spacial score (nSPS) is 10.2. The van der Waals surface area contributed by atoms with Gasteiger partial charge in [-0.1, -0.05) is 11.6 Å². The fraction of sp³-hybridized carbons (Fsp3) is 0.154. The van der Waals surface area contributed by atoms with E-state index in [0.29, 0.717) is 5.13 Å². The van der Waals surface area contributed by atoms with Crippen molar-refractivity contribution >= 4 is 45.6 Å². The zero-order valence-corrected chi connectivity index (χ0v) is 13.3. The Hall–Kier alpha value is -2.52. The van der Waals surface area contributed by atoms with Gasteiger partial charge in [0, 0.05) is 23.2 Å². The molecule has 0 saturated heterocycles. The average molecular weight is 356 g/mol. The lowest BCUT2D eigenvalue weighted by Gasteiger charge is -2.06. The summed E-state index contributed by atoms with van der Waals surface area (Å²) in [6.07, 6.45) is 1.59. The molecule has 0 atom stereocenters. The van der Waals surface area contributed by atoms with Crippen LogP contribution in [0.4, 0.5) is 10.8 Å². The summed E-state index contributed by atoms with van der Waals surface area (Å²) in [7, 11) is 0. The number of non-ortho nitro benzene ring substituents is 1. The van der Waals surface area contributed by atoms with Crippen molar-refractivity contribution in [3.8, 4) is 0 Å². The van der Waals surface area contributed by atoms with Gasteiger partial charge in [0.25, 0.3) is 11.6 Å². The van der Waals surface area contributed by atoms with E-state index in [1.165, 1.54) is 17.4 Å². The molecule has 2 rings (SSSR count). The van der Waals surface area contributed by atoms with Crippen LogP contribution < -0.4 is 5.32 Å². The smallest absolute Gasteiger partial charge is 0.340 e. The molecular weight excluding hydrogens is 346 g/mol. The van der Waals surface area contributed by atoms with Gasteiger partial charge in [0.15, 0.2) is 11.7 Å². The van der Waals surface area contributed by atoms with Crippen molar-refractivity contribution in [1.29, 1.82) is 0 Å². The summed E-state index contributed by atoms with van der Waals surface area (Å²) in [5, 5.41) is 13.5. The number of ether oxygens (including phenoxy) is 1. The molecule has 23 heavy (non-hydrogen) atoms. The van der Waals surface area contributed by atoms with Crippen LogP contribution in [0.15, 0.2) is 24.4 Å². The highest BCUT2D eigenvalue weighted by Gasteiger charge is 2.18. The molecule has 1 aromatic carbocycles. The molecule has 0 aliphatic carbocycles. The Balaban J connectivity index is 1.98. The molecule has 0 aliphatic heterocycles. The van der Waals surface area contributed by atoms with Crippen molar-refractivity contribution in [2.45, 2.75) is 6.92 Å². The second-order valence-corrected chi connectivity index (χ2v) is 5.96. The summed E-state index contributed by atoms with van der Waals surface area (Å²) in [4.78, 5) is 38.4. The molecule has 2 aromatic rings. The van der Waals surface area contributed by atoms with Crippen LogP contribution in [0.25, 0.3) is 0 Å². The predicted molar refractivity (Wildman–Crippen MR) is 83.9 cm³/mol. The number of esters is 1. The number of thiazole rings is 1. The molecule has 1 amide bonds. The third-order valence-corrected chi connectivity index (χ3v) is 3.74. The second-order valence-electron chi connectivity index (χ2n) is 4.32. The highest BCUT2D eigenvalue weighted by atomic mass is 35.5. The fourth-order valence-corrected chi connectivity index (χ4v) is 2.44. The van der Waals surface area contributed by atoms with E-state index in [4.69, 9.17) is 16.3 Å². The van der Waals surface area contributed by atoms with E-state index in [9.17, 15) is 19.7 Å². The van der Waals surface area contributed by atoms with Crippen molar-refractivity contribution in [3.05, 3.63) is 50.0 Å². The first-order chi connectivity index (χ1) is 10.9. The Kier molecular flexibility index (Phi) is 5.24. The van der Waals surface area contributed by atoms with E-state index in [-0.39, 0.29) is 16.3 Å². The molecule has 10 heteroatoms. The van der Waals surface area contributed by atoms with Crippen LogP contribution in [-0.2, 0) is 9.53 Å². The van der Waals surface area contributed by atoms with Gasteiger partial charge < -0.3 is 4.74 Å². The zero-order valence-electron chi connectivity index (χ0n) is 11.7. The van der Waals surface area contributed by atoms with Crippen molar-refractivity contribution in [2.75, 3.05) is 11.9 Å². The Morgan fingerprint density at radius 3 is 2.83 bits per heavy atom. The number of rotatable bonds is 5. The number of nitrogens with one attached hydrogen (secondary N) is 1. The number of amides is 1. The maximum Gasteiger partial charge on any atom is 0.340 e. The number of hydrogen-bond donors (Lipinski definition) is 1. The highest BCUT2D eigenvalue weighted by molar-refractivity contribution is 7.15. The highest BCUT2D eigenvalue weighted by Crippen LogP contribution is 2.23. The minimum Gasteiger partial charge on any atom is -0.452 e. The van der Waals surface area contributed by atoms with Gasteiger partial charge in [0.05, 0.1) is 15.5 Å². The van der Waals surface area contributed by atoms with Crippen LogP contribution in [0.2, 0.25) is 5.02 Å². The molecule has 0 aliphatic rings. The van der Waals surface area contributed by atoms with Crippen LogP contribution in [0, 0.1) is 17.0 Å². The number of carbonyl (C=O) groups excluding carboxylic acids is 2. The van der Waals surface area contributed by atoms with Gasteiger partial charge in [-0.2, -0.15) is 0 Å². The van der Waals surface area contributed by atoms with Crippen LogP contribution >= 0.6 is 22.9 Å². The monoisotopic (exact) mass is 355 g/mol. The van der Waals surface area contributed by atoms with Crippen LogP contribution in [0.5, 0.6) is 0 Å². The number of benzene rings is 1. The standard InChI is InChI=1S/C13H10ClN3O5S/c1-7-5-15-13(23-7)16-11(18)6-22-12(19)9-4-8(17(20)21)2-3-10(9)14/h2-5H,6H2,1H3,(H,15,16,18). The Morgan fingerprint density at radius 2 is 2.22 bits per heavy atom. The molecule has 0 bridgehead atoms. The number of halogens is 1. The van der Waals surface area contributed by atoms with E-state index in [0.717, 1.165) is 17.0 Å². The minimum atomic E-state index is -0.927. The van der Waals surface area contributed by atoms with E-state index >= 15 is 0 Å². The van der Waals surface area contributed by atoms with E-state index in [2.05, 4.69) is 10.3 Å². The van der Waals surface area contributed by atoms with Gasteiger partial charge in [-0.3, -0.25) is 20.2 Å². The Labute approximate surface area is 139 Å². The van der Waals surface area contributed by atoms with Gasteiger partial charge in [0.1, 0.15) is 0 Å². The molecule has 1 heterocycles. The average Bonchev–Trinajstić information content (AvgIpc) is 2.90. The first-order valence-corrected chi connectivity index (χ1v) is 7.39. The first kappa shape index (κ1) is 16.8. The Morgan fingerprint density at radius 1 is 1.48 bits per heavy atom. The molecule has 8 nitrogen and oxygen atoms in total. The summed E-state index contributed by atoms with van der Waals surface area (Å²) in [5.74, 6) is -1.50. The molecule has 1 aromatic heterocycles. The third-order valence-electron chi connectivity index (χ3n) is 2.58. The summed E-state index contributed by atoms with van der Waals surface area (Å²) in [5.41, 5.74) is -0.483. The summed E-state index contributed by atoms with van der Waals surface area (Å²) in [6, 6.07) is 3.37. The number of carbonyl (C=O) groups is 2. The third kappa shape index (κ3) is 4.47. The van der Waals surface area contributed by atoms with E-state index in [1.54, 1.807) is 6.20 Å². The minimum absolute atomic E-state index is 0.00319. The van der Waals surface area contributed by atoms with Gasteiger partial charge >= 0.3 is 5.97 Å². The van der Waals surface area contributed by atoms with Crippen LogP contribution in [0.3, 0.4) is 0 Å². The fourth-order valence-electron chi connectivity index (χ4n) is 1.56.